The van der Waals surface area contributed by atoms with E-state index in [1.54, 1.807) is 5.56 Å². The second-order valence-electron chi connectivity index (χ2n) is 15.4. The molecule has 0 N–H and O–H groups in total. The van der Waals surface area contributed by atoms with Crippen LogP contribution in [-0.2, 0) is 12.8 Å². The summed E-state index contributed by atoms with van der Waals surface area (Å²) in [6.45, 7) is 29.7. The molecule has 0 bridgehead atoms. The van der Waals surface area contributed by atoms with Crippen LogP contribution < -0.4 is 0 Å². The summed E-state index contributed by atoms with van der Waals surface area (Å²) in [7, 11) is 0. The Morgan fingerprint density at radius 2 is 1.76 bits per heavy atom. The van der Waals surface area contributed by atoms with Gasteiger partial charge >= 0.3 is 0 Å². The molecule has 0 heterocycles. The predicted molar refractivity (Wildman–Crippen MR) is 185 cm³/mol. The van der Waals surface area contributed by atoms with Crippen molar-refractivity contribution in [2.24, 2.45) is 35.0 Å². The highest BCUT2D eigenvalue weighted by atomic mass is 14.4. The molecule has 0 amide bonds. The second kappa shape index (κ2) is 12.0. The number of hydrogen-bond acceptors (Lipinski definition) is 0. The fraction of sp³-hybridized carbons (Fsp3) is 0.476. The van der Waals surface area contributed by atoms with Gasteiger partial charge in [0.1, 0.15) is 0 Å². The summed E-state index contributed by atoms with van der Waals surface area (Å²) in [5, 5.41) is 0. The maximum Gasteiger partial charge on any atom is 0.00827 e. The lowest BCUT2D eigenvalue weighted by atomic mass is 9.70. The first kappa shape index (κ1) is 30.6. The fourth-order valence-electron chi connectivity index (χ4n) is 8.16. The minimum absolute atomic E-state index is 0.282. The van der Waals surface area contributed by atoms with Crippen LogP contribution in [0.3, 0.4) is 0 Å². The van der Waals surface area contributed by atoms with E-state index in [0.717, 1.165) is 31.1 Å². The molecule has 0 aromatic heterocycles. The number of aryl methyl sites for hydroxylation is 2. The van der Waals surface area contributed by atoms with Crippen LogP contribution in [0.15, 0.2) is 84.5 Å². The van der Waals surface area contributed by atoms with Crippen molar-refractivity contribution in [2.45, 2.75) is 93.4 Å². The number of allylic oxidation sites excluding steroid dienone is 6. The molecule has 0 aliphatic heterocycles. The summed E-state index contributed by atoms with van der Waals surface area (Å²) in [6, 6.07) is 11.8. The lowest BCUT2D eigenvalue weighted by Crippen LogP contribution is -2.25. The highest BCUT2D eigenvalue weighted by molar-refractivity contribution is 5.80. The van der Waals surface area contributed by atoms with E-state index in [2.05, 4.69) is 117 Å². The molecular weight excluding hydrogens is 504 g/mol. The van der Waals surface area contributed by atoms with Crippen LogP contribution in [0.2, 0.25) is 0 Å². The lowest BCUT2D eigenvalue weighted by Gasteiger charge is -2.35. The zero-order valence-electron chi connectivity index (χ0n) is 27.6. The maximum atomic E-state index is 4.63. The molecule has 5 rings (SSSR count). The molecule has 0 saturated heterocycles. The van der Waals surface area contributed by atoms with Gasteiger partial charge in [-0.15, -0.1) is 0 Å². The van der Waals surface area contributed by atoms with Crippen LogP contribution in [0.5, 0.6) is 0 Å². The molecule has 3 aliphatic rings. The number of hydrogen-bond donors (Lipinski definition) is 0. The molecule has 0 heteroatoms. The summed E-state index contributed by atoms with van der Waals surface area (Å²) < 4.78 is 0. The van der Waals surface area contributed by atoms with Crippen molar-refractivity contribution in [3.05, 3.63) is 112 Å². The Kier molecular flexibility index (Phi) is 8.76. The Morgan fingerprint density at radius 1 is 1.00 bits per heavy atom. The van der Waals surface area contributed by atoms with Gasteiger partial charge in [0.15, 0.2) is 0 Å². The number of fused-ring (bicyclic) bond motifs is 1. The quantitative estimate of drug-likeness (QED) is 0.296. The largest absolute Gasteiger partial charge is 0.0999 e. The zero-order chi connectivity index (χ0) is 30.3. The van der Waals surface area contributed by atoms with Gasteiger partial charge in [-0.1, -0.05) is 118 Å². The molecule has 0 nitrogen and oxygen atoms in total. The molecule has 3 aliphatic carbocycles. The van der Waals surface area contributed by atoms with E-state index >= 15 is 0 Å². The van der Waals surface area contributed by atoms with Gasteiger partial charge in [-0.25, -0.2) is 0 Å². The summed E-state index contributed by atoms with van der Waals surface area (Å²) in [5.74, 6) is 2.94. The third-order valence-corrected chi connectivity index (χ3v) is 10.6. The Morgan fingerprint density at radius 3 is 2.45 bits per heavy atom. The van der Waals surface area contributed by atoms with Crippen molar-refractivity contribution in [1.82, 2.24) is 0 Å². The summed E-state index contributed by atoms with van der Waals surface area (Å²) in [6.07, 6.45) is 15.4. The Labute approximate surface area is 257 Å². The average molecular weight is 559 g/mol. The summed E-state index contributed by atoms with van der Waals surface area (Å²) in [4.78, 5) is 0. The minimum Gasteiger partial charge on any atom is -0.0999 e. The van der Waals surface area contributed by atoms with Gasteiger partial charge in [0.2, 0.25) is 0 Å². The standard InChI is InChI=1S/C42H54/c1-26(2)33-16-17-34(29(5)20-33)24-39-30(6)18-27(3)19-41(39)37-13-11-12-35-21-32(23-40(35)37)22-38-28(4)14-15-36(31(38)7)25-42(8,9)10/h11-15,18-19,21,29,33-34,36,38H,1,4,7,16-17,20,22-25H2,2-3,5-6,8-10H3/t29-,33?,34-,36?,38?/m0/s1. The first-order chi connectivity index (χ1) is 19.8. The van der Waals surface area contributed by atoms with Gasteiger partial charge in [-0.2, -0.15) is 0 Å². The third kappa shape index (κ3) is 6.54. The SMILES string of the molecule is C=C(C)C1CC[C@@H](Cc2c(C)cc(C)cc2-c2cccc3c2CC(CC2C(=C)C=CC(CC(C)(C)C)C2=C)=C3)[C@@H](C)C1. The van der Waals surface area contributed by atoms with E-state index in [1.807, 2.05) is 0 Å². The van der Waals surface area contributed by atoms with Gasteiger partial charge < -0.3 is 0 Å². The zero-order valence-corrected chi connectivity index (χ0v) is 27.6. The van der Waals surface area contributed by atoms with Crippen LogP contribution in [0.1, 0.15) is 94.5 Å². The molecule has 3 unspecified atom stereocenters. The molecular formula is C42H54. The molecule has 1 fully saturated rings. The molecule has 0 radical (unpaired) electrons. The Balaban J connectivity index is 1.39. The van der Waals surface area contributed by atoms with Gasteiger partial charge in [0.25, 0.3) is 0 Å². The van der Waals surface area contributed by atoms with Crippen molar-refractivity contribution in [3.63, 3.8) is 0 Å². The third-order valence-electron chi connectivity index (χ3n) is 10.6. The summed E-state index contributed by atoms with van der Waals surface area (Å²) in [5.41, 5.74) is 15.9. The van der Waals surface area contributed by atoms with Crippen molar-refractivity contribution in [1.29, 1.82) is 0 Å². The van der Waals surface area contributed by atoms with Gasteiger partial charge in [-0.05, 0) is 134 Å². The molecule has 42 heavy (non-hydrogen) atoms. The van der Waals surface area contributed by atoms with Crippen molar-refractivity contribution in [2.75, 3.05) is 0 Å². The average Bonchev–Trinajstić information content (AvgIpc) is 3.32. The molecule has 0 spiro atoms. The van der Waals surface area contributed by atoms with Crippen molar-refractivity contribution in [3.8, 4) is 11.1 Å². The first-order valence-electron chi connectivity index (χ1n) is 16.4. The summed E-state index contributed by atoms with van der Waals surface area (Å²) >= 11 is 0. The highest BCUT2D eigenvalue weighted by Crippen LogP contribution is 2.45. The monoisotopic (exact) mass is 558 g/mol. The van der Waals surface area contributed by atoms with E-state index in [4.69, 9.17) is 0 Å². The van der Waals surface area contributed by atoms with E-state index < -0.39 is 0 Å². The second-order valence-corrected chi connectivity index (χ2v) is 15.4. The molecule has 2 aromatic carbocycles. The van der Waals surface area contributed by atoms with Crippen molar-refractivity contribution >= 4 is 6.08 Å². The normalized spacial score (nSPS) is 25.9. The predicted octanol–water partition coefficient (Wildman–Crippen LogP) is 11.8. The van der Waals surface area contributed by atoms with Crippen molar-refractivity contribution < 1.29 is 0 Å². The van der Waals surface area contributed by atoms with Gasteiger partial charge in [0, 0.05) is 5.92 Å². The molecule has 222 valence electrons. The van der Waals surface area contributed by atoms with E-state index in [1.165, 1.54) is 81.4 Å². The maximum absolute atomic E-state index is 4.63. The number of rotatable bonds is 7. The first-order valence-corrected chi connectivity index (χ1v) is 16.4. The van der Waals surface area contributed by atoms with E-state index in [9.17, 15) is 0 Å². The molecule has 2 aromatic rings. The van der Waals surface area contributed by atoms with Gasteiger partial charge in [-0.3, -0.25) is 0 Å². The smallest absolute Gasteiger partial charge is 0.00827 e. The van der Waals surface area contributed by atoms with Crippen LogP contribution in [-0.4, -0.2) is 0 Å². The number of benzene rings is 2. The Hall–Kier alpha value is -2.86. The highest BCUT2D eigenvalue weighted by Gasteiger charge is 2.31. The minimum atomic E-state index is 0.282. The van der Waals surface area contributed by atoms with Crippen LogP contribution in [0, 0.1) is 48.9 Å². The van der Waals surface area contributed by atoms with Crippen LogP contribution in [0.4, 0.5) is 0 Å². The molecule has 5 atom stereocenters. The van der Waals surface area contributed by atoms with Crippen LogP contribution in [0.25, 0.3) is 17.2 Å². The van der Waals surface area contributed by atoms with Crippen LogP contribution >= 0.6 is 0 Å². The Bertz CT molecular complexity index is 1450. The van der Waals surface area contributed by atoms with E-state index in [-0.39, 0.29) is 5.41 Å². The topological polar surface area (TPSA) is 0 Å². The fourth-order valence-corrected chi connectivity index (χ4v) is 8.16. The van der Waals surface area contributed by atoms with Gasteiger partial charge in [0.05, 0.1) is 0 Å². The lowest BCUT2D eigenvalue weighted by molar-refractivity contribution is 0.212. The van der Waals surface area contributed by atoms with E-state index in [0.29, 0.717) is 17.8 Å². The molecule has 1 saturated carbocycles.